The predicted molar refractivity (Wildman–Crippen MR) is 55.8 cm³/mol. The largest absolute Gasteiger partial charge is 0.388 e. The summed E-state index contributed by atoms with van der Waals surface area (Å²) in [6, 6.07) is 5.83. The molecule has 0 aromatic heterocycles. The van der Waals surface area contributed by atoms with Gasteiger partial charge in [0.2, 0.25) is 0 Å². The van der Waals surface area contributed by atoms with Crippen molar-refractivity contribution in [3.8, 4) is 0 Å². The molecule has 1 N–H and O–H groups in total. The van der Waals surface area contributed by atoms with Crippen molar-refractivity contribution in [2.45, 2.75) is 32.8 Å². The summed E-state index contributed by atoms with van der Waals surface area (Å²) in [5, 5.41) is 9.70. The van der Waals surface area contributed by atoms with Gasteiger partial charge in [-0.15, -0.1) is 0 Å². The smallest absolute Gasteiger partial charge is 0.270 e. The van der Waals surface area contributed by atoms with Crippen molar-refractivity contribution in [1.29, 1.82) is 0 Å². The normalized spacial score (nSPS) is 14.3. The Morgan fingerprint density at radius 1 is 1.13 bits per heavy atom. The molecule has 0 saturated heterocycles. The van der Waals surface area contributed by atoms with Crippen LogP contribution in [0.4, 0.5) is 8.78 Å². The van der Waals surface area contributed by atoms with Gasteiger partial charge >= 0.3 is 0 Å². The Morgan fingerprint density at radius 2 is 1.60 bits per heavy atom. The van der Waals surface area contributed by atoms with E-state index in [1.54, 1.807) is 12.1 Å². The molecule has 0 fully saturated rings. The van der Waals surface area contributed by atoms with E-state index in [0.717, 1.165) is 6.92 Å². The third-order valence-electron chi connectivity index (χ3n) is 2.39. The van der Waals surface area contributed by atoms with Crippen LogP contribution in [0.5, 0.6) is 0 Å². The van der Waals surface area contributed by atoms with E-state index in [1.807, 2.05) is 13.8 Å². The van der Waals surface area contributed by atoms with E-state index >= 15 is 0 Å². The lowest BCUT2D eigenvalue weighted by molar-refractivity contribution is 0.0173. The van der Waals surface area contributed by atoms with Crippen LogP contribution in [0.3, 0.4) is 0 Å². The lowest BCUT2D eigenvalue weighted by Gasteiger charge is -2.16. The average molecular weight is 214 g/mol. The maximum Gasteiger partial charge on any atom is 0.270 e. The van der Waals surface area contributed by atoms with Crippen LogP contribution in [-0.4, -0.2) is 5.11 Å². The maximum absolute atomic E-state index is 12.9. The molecule has 0 aliphatic rings. The number of hydrogen-bond acceptors (Lipinski definition) is 1. The van der Waals surface area contributed by atoms with Crippen molar-refractivity contribution >= 4 is 0 Å². The topological polar surface area (TPSA) is 20.2 Å². The molecule has 1 unspecified atom stereocenters. The highest BCUT2D eigenvalue weighted by atomic mass is 19.3. The van der Waals surface area contributed by atoms with Gasteiger partial charge < -0.3 is 5.11 Å². The Hall–Kier alpha value is -0.960. The summed E-state index contributed by atoms with van der Waals surface area (Å²) in [6.45, 7) is 4.63. The Morgan fingerprint density at radius 3 is 1.93 bits per heavy atom. The van der Waals surface area contributed by atoms with Crippen molar-refractivity contribution in [3.05, 3.63) is 35.4 Å². The van der Waals surface area contributed by atoms with E-state index in [1.165, 1.54) is 12.1 Å². The van der Waals surface area contributed by atoms with Crippen molar-refractivity contribution < 1.29 is 13.9 Å². The van der Waals surface area contributed by atoms with E-state index in [-0.39, 0.29) is 11.5 Å². The fourth-order valence-electron chi connectivity index (χ4n) is 1.36. The van der Waals surface area contributed by atoms with Gasteiger partial charge in [0.15, 0.2) is 0 Å². The van der Waals surface area contributed by atoms with Gasteiger partial charge in [-0.3, -0.25) is 0 Å². The molecule has 0 bridgehead atoms. The summed E-state index contributed by atoms with van der Waals surface area (Å²) in [5.74, 6) is -2.74. The van der Waals surface area contributed by atoms with Crippen LogP contribution in [0.2, 0.25) is 0 Å². The Bertz CT molecular complexity index is 311. The van der Waals surface area contributed by atoms with Gasteiger partial charge in [-0.1, -0.05) is 38.1 Å². The van der Waals surface area contributed by atoms with Crippen LogP contribution in [-0.2, 0) is 5.92 Å². The van der Waals surface area contributed by atoms with Gasteiger partial charge in [0, 0.05) is 12.5 Å². The molecule has 0 heterocycles. The number of benzene rings is 1. The number of rotatable bonds is 3. The molecule has 84 valence electrons. The molecule has 1 nitrogen and oxygen atoms in total. The van der Waals surface area contributed by atoms with E-state index in [9.17, 15) is 13.9 Å². The third kappa shape index (κ3) is 2.99. The van der Waals surface area contributed by atoms with E-state index in [0.29, 0.717) is 5.56 Å². The molecule has 0 aliphatic heterocycles. The molecular formula is C12H16F2O. The van der Waals surface area contributed by atoms with Gasteiger partial charge in [0.05, 0.1) is 6.10 Å². The quantitative estimate of drug-likeness (QED) is 0.816. The number of alkyl halides is 2. The molecule has 0 spiro atoms. The highest BCUT2D eigenvalue weighted by Gasteiger charge is 2.24. The molecule has 1 atom stereocenters. The number of halogens is 2. The van der Waals surface area contributed by atoms with Crippen LogP contribution in [0.1, 0.15) is 38.0 Å². The highest BCUT2D eigenvalue weighted by molar-refractivity contribution is 5.26. The van der Waals surface area contributed by atoms with Gasteiger partial charge in [-0.25, -0.2) is 8.78 Å². The van der Waals surface area contributed by atoms with Gasteiger partial charge in [-0.05, 0) is 11.5 Å². The molecule has 0 saturated carbocycles. The van der Waals surface area contributed by atoms with Crippen molar-refractivity contribution in [1.82, 2.24) is 0 Å². The summed E-state index contributed by atoms with van der Waals surface area (Å²) >= 11 is 0. The minimum absolute atomic E-state index is 0.0257. The van der Waals surface area contributed by atoms with Crippen LogP contribution in [0, 0.1) is 5.92 Å². The fraction of sp³-hybridized carbons (Fsp3) is 0.500. The first-order valence-electron chi connectivity index (χ1n) is 4.98. The summed E-state index contributed by atoms with van der Waals surface area (Å²) in [4.78, 5) is 0. The Balaban J connectivity index is 2.91. The summed E-state index contributed by atoms with van der Waals surface area (Å²) in [6.07, 6.45) is -0.593. The first-order valence-corrected chi connectivity index (χ1v) is 4.98. The van der Waals surface area contributed by atoms with Crippen molar-refractivity contribution in [2.24, 2.45) is 5.92 Å². The Kier molecular flexibility index (Phi) is 3.45. The van der Waals surface area contributed by atoms with Gasteiger partial charge in [0.1, 0.15) is 0 Å². The monoisotopic (exact) mass is 214 g/mol. The zero-order valence-electron chi connectivity index (χ0n) is 9.17. The minimum atomic E-state index is -2.82. The zero-order valence-corrected chi connectivity index (χ0v) is 9.17. The molecule has 1 aromatic rings. The molecule has 0 radical (unpaired) electrons. The molecule has 1 rings (SSSR count). The summed E-state index contributed by atoms with van der Waals surface area (Å²) in [7, 11) is 0. The summed E-state index contributed by atoms with van der Waals surface area (Å²) in [5.41, 5.74) is 0.653. The molecule has 3 heteroatoms. The Labute approximate surface area is 88.7 Å². The van der Waals surface area contributed by atoms with Gasteiger partial charge in [0.25, 0.3) is 5.92 Å². The van der Waals surface area contributed by atoms with E-state index in [4.69, 9.17) is 0 Å². The second-order valence-electron chi connectivity index (χ2n) is 4.20. The number of aliphatic hydroxyl groups excluding tert-OH is 1. The maximum atomic E-state index is 12.9. The average Bonchev–Trinajstić information content (AvgIpc) is 2.15. The number of aliphatic hydroxyl groups is 1. The van der Waals surface area contributed by atoms with Crippen LogP contribution < -0.4 is 0 Å². The first-order chi connectivity index (χ1) is 6.82. The van der Waals surface area contributed by atoms with Crippen LogP contribution in [0.15, 0.2) is 24.3 Å². The summed E-state index contributed by atoms with van der Waals surface area (Å²) < 4.78 is 25.8. The zero-order chi connectivity index (χ0) is 11.6. The van der Waals surface area contributed by atoms with Crippen LogP contribution >= 0.6 is 0 Å². The minimum Gasteiger partial charge on any atom is -0.388 e. The molecule has 1 aromatic carbocycles. The van der Waals surface area contributed by atoms with E-state index in [2.05, 4.69) is 0 Å². The second-order valence-corrected chi connectivity index (χ2v) is 4.20. The third-order valence-corrected chi connectivity index (χ3v) is 2.39. The predicted octanol–water partition coefficient (Wildman–Crippen LogP) is 3.49. The first kappa shape index (κ1) is 12.1. The van der Waals surface area contributed by atoms with Crippen LogP contribution in [0.25, 0.3) is 0 Å². The molecular weight excluding hydrogens is 198 g/mol. The standard InChI is InChI=1S/C12H16F2O/c1-8(2)11(15)9-4-6-10(7-5-9)12(3,13)14/h4-8,11,15H,1-3H3. The lowest BCUT2D eigenvalue weighted by Crippen LogP contribution is -2.09. The van der Waals surface area contributed by atoms with Crippen molar-refractivity contribution in [2.75, 3.05) is 0 Å². The van der Waals surface area contributed by atoms with Gasteiger partial charge in [-0.2, -0.15) is 0 Å². The number of hydrogen-bond donors (Lipinski definition) is 1. The van der Waals surface area contributed by atoms with E-state index < -0.39 is 12.0 Å². The van der Waals surface area contributed by atoms with Crippen molar-refractivity contribution in [3.63, 3.8) is 0 Å². The molecule has 0 amide bonds. The SMILES string of the molecule is CC(C)C(O)c1ccc(C(C)(F)F)cc1. The molecule has 0 aliphatic carbocycles. The molecule has 15 heavy (non-hydrogen) atoms. The second kappa shape index (κ2) is 4.27. The fourth-order valence-corrected chi connectivity index (χ4v) is 1.36. The highest BCUT2D eigenvalue weighted by Crippen LogP contribution is 2.29. The lowest BCUT2D eigenvalue weighted by atomic mass is 9.97.